The predicted molar refractivity (Wildman–Crippen MR) is 103 cm³/mol. The Kier molecular flexibility index (Phi) is 6.04. The minimum atomic E-state index is -0.154. The Bertz CT molecular complexity index is 817. The highest BCUT2D eigenvalue weighted by Gasteiger charge is 2.19. The lowest BCUT2D eigenvalue weighted by molar-refractivity contribution is -0.121. The largest absolute Gasteiger partial charge is 0.352 e. The molecular weight excluding hydrogens is 328 g/mol. The molecule has 0 unspecified atom stereocenters. The highest BCUT2D eigenvalue weighted by Crippen LogP contribution is 2.15. The van der Waals surface area contributed by atoms with Crippen LogP contribution in [0.2, 0.25) is 0 Å². The second-order valence-corrected chi connectivity index (χ2v) is 7.51. The van der Waals surface area contributed by atoms with E-state index in [1.54, 1.807) is 6.07 Å². The molecule has 6 nitrogen and oxygen atoms in total. The van der Waals surface area contributed by atoms with Crippen molar-refractivity contribution in [3.8, 4) is 0 Å². The molecule has 0 bridgehead atoms. The molecule has 1 aromatic carbocycles. The van der Waals surface area contributed by atoms with Crippen molar-refractivity contribution in [1.82, 2.24) is 20.2 Å². The highest BCUT2D eigenvalue weighted by atomic mass is 16.1. The first-order valence-electron chi connectivity index (χ1n) is 9.51. The number of para-hydroxylation sites is 1. The summed E-state index contributed by atoms with van der Waals surface area (Å²) in [5.41, 5.74) is 0.512. The lowest BCUT2D eigenvalue weighted by Crippen LogP contribution is -2.45. The van der Waals surface area contributed by atoms with Crippen LogP contribution in [0.15, 0.2) is 29.1 Å². The molecule has 0 spiro atoms. The number of amides is 1. The second-order valence-electron chi connectivity index (χ2n) is 7.51. The van der Waals surface area contributed by atoms with Gasteiger partial charge in [0.05, 0.1) is 10.9 Å². The van der Waals surface area contributed by atoms with Gasteiger partial charge in [-0.05, 0) is 44.4 Å². The average molecular weight is 356 g/mol. The van der Waals surface area contributed by atoms with Gasteiger partial charge in [0, 0.05) is 32.0 Å². The highest BCUT2D eigenvalue weighted by molar-refractivity contribution is 5.78. The van der Waals surface area contributed by atoms with E-state index >= 15 is 0 Å². The van der Waals surface area contributed by atoms with Gasteiger partial charge in [0.15, 0.2) is 0 Å². The van der Waals surface area contributed by atoms with Gasteiger partial charge in [-0.25, -0.2) is 4.98 Å². The number of aromatic nitrogens is 2. The molecule has 1 aliphatic heterocycles. The number of aromatic amines is 1. The molecular formula is C20H28N4O2. The van der Waals surface area contributed by atoms with Crippen molar-refractivity contribution in [2.24, 2.45) is 5.92 Å². The Hall–Kier alpha value is -2.21. The van der Waals surface area contributed by atoms with Crippen LogP contribution < -0.4 is 10.9 Å². The minimum Gasteiger partial charge on any atom is -0.352 e. The Balaban J connectivity index is 1.50. The summed E-state index contributed by atoms with van der Waals surface area (Å²) in [4.78, 5) is 34.0. The lowest BCUT2D eigenvalue weighted by atomic mass is 10.00. The Morgan fingerprint density at radius 3 is 3.04 bits per heavy atom. The molecule has 1 fully saturated rings. The van der Waals surface area contributed by atoms with E-state index in [9.17, 15) is 9.59 Å². The summed E-state index contributed by atoms with van der Waals surface area (Å²) >= 11 is 0. The summed E-state index contributed by atoms with van der Waals surface area (Å²) in [5, 5.41) is 3.64. The van der Waals surface area contributed by atoms with Crippen molar-refractivity contribution < 1.29 is 4.79 Å². The average Bonchev–Trinajstić information content (AvgIpc) is 2.60. The van der Waals surface area contributed by atoms with Gasteiger partial charge in [-0.15, -0.1) is 0 Å². The van der Waals surface area contributed by atoms with Crippen LogP contribution in [0.3, 0.4) is 0 Å². The molecule has 0 saturated carbocycles. The van der Waals surface area contributed by atoms with E-state index in [1.165, 1.54) is 12.8 Å². The first-order chi connectivity index (χ1) is 12.5. The maximum absolute atomic E-state index is 12.2. The molecule has 1 saturated heterocycles. The zero-order valence-corrected chi connectivity index (χ0v) is 15.6. The number of H-pyrrole nitrogens is 1. The SMILES string of the molecule is C[C@@H]1CCCN(C[C@H](C)NC(=O)CCc2nc3ccccc3c(=O)[nH]2)C1. The number of carbonyl (C=O) groups is 1. The van der Waals surface area contributed by atoms with E-state index < -0.39 is 0 Å². The molecule has 0 aliphatic carbocycles. The number of benzene rings is 1. The summed E-state index contributed by atoms with van der Waals surface area (Å²) in [7, 11) is 0. The van der Waals surface area contributed by atoms with Gasteiger partial charge in [0.2, 0.25) is 5.91 Å². The van der Waals surface area contributed by atoms with Gasteiger partial charge in [0.25, 0.3) is 5.56 Å². The number of rotatable bonds is 6. The lowest BCUT2D eigenvalue weighted by Gasteiger charge is -2.32. The van der Waals surface area contributed by atoms with E-state index in [0.29, 0.717) is 29.6 Å². The zero-order valence-electron chi connectivity index (χ0n) is 15.6. The molecule has 140 valence electrons. The summed E-state index contributed by atoms with van der Waals surface area (Å²) in [6.45, 7) is 7.45. The summed E-state index contributed by atoms with van der Waals surface area (Å²) < 4.78 is 0. The fraction of sp³-hybridized carbons (Fsp3) is 0.550. The first-order valence-corrected chi connectivity index (χ1v) is 9.51. The molecule has 3 rings (SSSR count). The Labute approximate surface area is 154 Å². The fourth-order valence-electron chi connectivity index (χ4n) is 3.72. The van der Waals surface area contributed by atoms with Gasteiger partial charge in [-0.1, -0.05) is 19.1 Å². The van der Waals surface area contributed by atoms with Crippen LogP contribution in [0.4, 0.5) is 0 Å². The third kappa shape index (κ3) is 4.91. The van der Waals surface area contributed by atoms with Gasteiger partial charge in [-0.2, -0.15) is 0 Å². The summed E-state index contributed by atoms with van der Waals surface area (Å²) in [5.74, 6) is 1.29. The topological polar surface area (TPSA) is 78.1 Å². The van der Waals surface area contributed by atoms with E-state index in [1.807, 2.05) is 25.1 Å². The molecule has 2 N–H and O–H groups in total. The number of nitrogens with one attached hydrogen (secondary N) is 2. The van der Waals surface area contributed by atoms with Crippen molar-refractivity contribution >= 4 is 16.8 Å². The molecule has 2 heterocycles. The van der Waals surface area contributed by atoms with Crippen LogP contribution in [0.1, 0.15) is 38.9 Å². The van der Waals surface area contributed by atoms with Crippen LogP contribution in [-0.4, -0.2) is 46.5 Å². The third-order valence-electron chi connectivity index (χ3n) is 4.93. The van der Waals surface area contributed by atoms with Crippen molar-refractivity contribution in [1.29, 1.82) is 0 Å². The molecule has 0 radical (unpaired) electrons. The number of aryl methyl sites for hydroxylation is 1. The van der Waals surface area contributed by atoms with Gasteiger partial charge in [-0.3, -0.25) is 9.59 Å². The molecule has 1 amide bonds. The number of hydrogen-bond acceptors (Lipinski definition) is 4. The number of hydrogen-bond donors (Lipinski definition) is 2. The molecule has 26 heavy (non-hydrogen) atoms. The van der Waals surface area contributed by atoms with Crippen molar-refractivity contribution in [2.75, 3.05) is 19.6 Å². The van der Waals surface area contributed by atoms with Crippen LogP contribution in [0, 0.1) is 5.92 Å². The Morgan fingerprint density at radius 2 is 2.23 bits per heavy atom. The Morgan fingerprint density at radius 1 is 1.42 bits per heavy atom. The van der Waals surface area contributed by atoms with Crippen LogP contribution in [0.25, 0.3) is 10.9 Å². The van der Waals surface area contributed by atoms with Crippen LogP contribution in [0.5, 0.6) is 0 Å². The minimum absolute atomic E-state index is 0.00151. The third-order valence-corrected chi connectivity index (χ3v) is 4.93. The molecule has 2 aromatic rings. The number of likely N-dealkylation sites (tertiary alicyclic amines) is 1. The maximum Gasteiger partial charge on any atom is 0.258 e. The molecule has 1 aliphatic rings. The van der Waals surface area contributed by atoms with Crippen LogP contribution in [-0.2, 0) is 11.2 Å². The number of fused-ring (bicyclic) bond motifs is 1. The number of piperidine rings is 1. The smallest absolute Gasteiger partial charge is 0.258 e. The summed E-state index contributed by atoms with van der Waals surface area (Å²) in [6, 6.07) is 7.36. The van der Waals surface area contributed by atoms with Gasteiger partial charge < -0.3 is 15.2 Å². The van der Waals surface area contributed by atoms with E-state index in [-0.39, 0.29) is 17.5 Å². The predicted octanol–water partition coefficient (Wildman–Crippen LogP) is 2.09. The fourth-order valence-corrected chi connectivity index (χ4v) is 3.72. The van der Waals surface area contributed by atoms with Crippen molar-refractivity contribution in [2.45, 2.75) is 45.6 Å². The normalized spacial score (nSPS) is 19.4. The molecule has 1 aromatic heterocycles. The number of carbonyl (C=O) groups excluding carboxylic acids is 1. The van der Waals surface area contributed by atoms with Gasteiger partial charge in [0.1, 0.15) is 5.82 Å². The zero-order chi connectivity index (χ0) is 18.5. The molecule has 6 heteroatoms. The quantitative estimate of drug-likeness (QED) is 0.831. The van der Waals surface area contributed by atoms with E-state index in [2.05, 4.69) is 27.1 Å². The van der Waals surface area contributed by atoms with Gasteiger partial charge >= 0.3 is 0 Å². The second kappa shape index (κ2) is 8.45. The van der Waals surface area contributed by atoms with Crippen molar-refractivity contribution in [3.05, 3.63) is 40.4 Å². The van der Waals surface area contributed by atoms with E-state index in [0.717, 1.165) is 25.6 Å². The summed E-state index contributed by atoms with van der Waals surface area (Å²) in [6.07, 6.45) is 3.29. The molecule has 2 atom stereocenters. The standard InChI is InChI=1S/C20H28N4O2/c1-14-6-5-11-24(12-14)13-15(2)21-19(25)10-9-18-22-17-8-4-3-7-16(17)20(26)23-18/h3-4,7-8,14-15H,5-6,9-13H2,1-2H3,(H,21,25)(H,22,23,26)/t14-,15+/m1/s1. The maximum atomic E-state index is 12.2. The first kappa shape index (κ1) is 18.6. The van der Waals surface area contributed by atoms with Crippen molar-refractivity contribution in [3.63, 3.8) is 0 Å². The van der Waals surface area contributed by atoms with Crippen LogP contribution >= 0.6 is 0 Å². The van der Waals surface area contributed by atoms with E-state index in [4.69, 9.17) is 0 Å². The monoisotopic (exact) mass is 356 g/mol. The number of nitrogens with zero attached hydrogens (tertiary/aromatic N) is 2.